The van der Waals surface area contributed by atoms with Crippen LogP contribution in [0.5, 0.6) is 0 Å². The third-order valence-electron chi connectivity index (χ3n) is 5.14. The molecule has 3 heterocycles. The highest BCUT2D eigenvalue weighted by Crippen LogP contribution is 2.24. The summed E-state index contributed by atoms with van der Waals surface area (Å²) < 4.78 is 8.03. The topological polar surface area (TPSA) is 34.2 Å². The van der Waals surface area contributed by atoms with E-state index in [1.165, 1.54) is 19.4 Å². The molecule has 1 saturated heterocycles. The Kier molecular flexibility index (Phi) is 3.93. The third kappa shape index (κ3) is 2.86. The van der Waals surface area contributed by atoms with Gasteiger partial charge in [0.05, 0.1) is 11.4 Å². The summed E-state index contributed by atoms with van der Waals surface area (Å²) in [5, 5.41) is 5.73. The second-order valence-corrected chi connectivity index (χ2v) is 7.05. The van der Waals surface area contributed by atoms with Gasteiger partial charge in [0, 0.05) is 30.1 Å². The molecule has 4 nitrogen and oxygen atoms in total. The third-order valence-corrected chi connectivity index (χ3v) is 5.14. The summed E-state index contributed by atoms with van der Waals surface area (Å²) in [4.78, 5) is 2.56. The number of hydrogen-bond acceptors (Lipinski definition) is 3. The van der Waals surface area contributed by atoms with Crippen molar-refractivity contribution >= 4 is 11.0 Å². The van der Waals surface area contributed by atoms with Gasteiger partial charge in [0.25, 0.3) is 0 Å². The van der Waals surface area contributed by atoms with E-state index in [1.54, 1.807) is 0 Å². The van der Waals surface area contributed by atoms with Crippen LogP contribution in [0, 0.1) is 13.8 Å². The molecule has 0 saturated carbocycles. The largest absolute Gasteiger partial charge is 0.461 e. The van der Waals surface area contributed by atoms with Crippen molar-refractivity contribution in [1.82, 2.24) is 14.7 Å². The molecule has 1 atom stereocenters. The standard InChI is InChI=1S/C20H25N3O/c1-14-11-16(3)23(21-14)18-6-7-20-17(12-18)13-19(24-20)8-10-22-9-4-5-15(22)2/h6-7,11-13,15H,4-5,8-10H2,1-3H3. The second kappa shape index (κ2) is 6.10. The van der Waals surface area contributed by atoms with Crippen LogP contribution in [0.4, 0.5) is 0 Å². The van der Waals surface area contributed by atoms with Crippen molar-refractivity contribution < 1.29 is 4.42 Å². The molecule has 2 aromatic heterocycles. The molecular formula is C20H25N3O. The van der Waals surface area contributed by atoms with E-state index < -0.39 is 0 Å². The number of hydrogen-bond donors (Lipinski definition) is 0. The van der Waals surface area contributed by atoms with Gasteiger partial charge in [-0.05, 0) is 70.5 Å². The predicted molar refractivity (Wildman–Crippen MR) is 96.8 cm³/mol. The van der Waals surface area contributed by atoms with Gasteiger partial charge < -0.3 is 9.32 Å². The molecule has 1 aliphatic heterocycles. The van der Waals surface area contributed by atoms with Crippen molar-refractivity contribution in [1.29, 1.82) is 0 Å². The summed E-state index contributed by atoms with van der Waals surface area (Å²) in [6.07, 6.45) is 3.63. The molecule has 0 radical (unpaired) electrons. The van der Waals surface area contributed by atoms with E-state index in [9.17, 15) is 0 Å². The van der Waals surface area contributed by atoms with Crippen molar-refractivity contribution in [3.05, 3.63) is 47.5 Å². The molecule has 0 aliphatic carbocycles. The fourth-order valence-corrected chi connectivity index (χ4v) is 3.81. The number of aryl methyl sites for hydroxylation is 2. The first-order valence-corrected chi connectivity index (χ1v) is 8.90. The Labute approximate surface area is 143 Å². The van der Waals surface area contributed by atoms with E-state index in [1.807, 2.05) is 11.6 Å². The van der Waals surface area contributed by atoms with Gasteiger partial charge in [-0.3, -0.25) is 0 Å². The Morgan fingerprint density at radius 1 is 1.21 bits per heavy atom. The van der Waals surface area contributed by atoms with E-state index in [0.29, 0.717) is 6.04 Å². The number of likely N-dealkylation sites (tertiary alicyclic amines) is 1. The Hall–Kier alpha value is -2.07. The number of furan rings is 1. The first-order chi connectivity index (χ1) is 11.6. The monoisotopic (exact) mass is 323 g/mol. The maximum Gasteiger partial charge on any atom is 0.134 e. The fourth-order valence-electron chi connectivity index (χ4n) is 3.81. The van der Waals surface area contributed by atoms with E-state index in [2.05, 4.69) is 54.2 Å². The fraction of sp³-hybridized carbons (Fsp3) is 0.450. The summed E-state index contributed by atoms with van der Waals surface area (Å²) in [5.74, 6) is 1.08. The molecule has 0 N–H and O–H groups in total. The molecule has 1 fully saturated rings. The van der Waals surface area contributed by atoms with Crippen LogP contribution >= 0.6 is 0 Å². The van der Waals surface area contributed by atoms with E-state index in [0.717, 1.165) is 46.8 Å². The molecular weight excluding hydrogens is 298 g/mol. The molecule has 24 heavy (non-hydrogen) atoms. The highest BCUT2D eigenvalue weighted by molar-refractivity contribution is 5.80. The number of rotatable bonds is 4. The highest BCUT2D eigenvalue weighted by atomic mass is 16.3. The smallest absolute Gasteiger partial charge is 0.134 e. The van der Waals surface area contributed by atoms with Gasteiger partial charge in [0.2, 0.25) is 0 Å². The van der Waals surface area contributed by atoms with Crippen molar-refractivity contribution in [2.75, 3.05) is 13.1 Å². The highest BCUT2D eigenvalue weighted by Gasteiger charge is 2.20. The molecule has 0 spiro atoms. The molecule has 4 rings (SSSR count). The van der Waals surface area contributed by atoms with E-state index >= 15 is 0 Å². The summed E-state index contributed by atoms with van der Waals surface area (Å²) in [6.45, 7) is 8.75. The molecule has 1 aliphatic rings. The lowest BCUT2D eigenvalue weighted by Crippen LogP contribution is -2.28. The minimum atomic E-state index is 0.715. The lowest BCUT2D eigenvalue weighted by atomic mass is 10.2. The Bertz CT molecular complexity index is 861. The van der Waals surface area contributed by atoms with Crippen LogP contribution in [0.2, 0.25) is 0 Å². The van der Waals surface area contributed by atoms with Crippen LogP contribution in [0.15, 0.2) is 34.7 Å². The van der Waals surface area contributed by atoms with Crippen molar-refractivity contribution in [2.45, 2.75) is 46.1 Å². The normalized spacial score (nSPS) is 18.7. The molecule has 0 bridgehead atoms. The lowest BCUT2D eigenvalue weighted by molar-refractivity contribution is 0.266. The summed E-state index contributed by atoms with van der Waals surface area (Å²) in [7, 11) is 0. The van der Waals surface area contributed by atoms with Gasteiger partial charge in [0.1, 0.15) is 11.3 Å². The minimum absolute atomic E-state index is 0.715. The summed E-state index contributed by atoms with van der Waals surface area (Å²) >= 11 is 0. The molecule has 4 heteroatoms. The second-order valence-electron chi connectivity index (χ2n) is 7.05. The van der Waals surface area contributed by atoms with Crippen molar-refractivity contribution in [3.63, 3.8) is 0 Å². The zero-order chi connectivity index (χ0) is 16.7. The van der Waals surface area contributed by atoms with Gasteiger partial charge in [-0.1, -0.05) is 0 Å². The van der Waals surface area contributed by atoms with Crippen LogP contribution in [-0.4, -0.2) is 33.8 Å². The Morgan fingerprint density at radius 2 is 2.08 bits per heavy atom. The van der Waals surface area contributed by atoms with Gasteiger partial charge in [0.15, 0.2) is 0 Å². The van der Waals surface area contributed by atoms with Gasteiger partial charge in [-0.2, -0.15) is 5.10 Å². The summed E-state index contributed by atoms with van der Waals surface area (Å²) in [5.41, 5.74) is 4.25. The number of fused-ring (bicyclic) bond motifs is 1. The first kappa shape index (κ1) is 15.5. The quantitative estimate of drug-likeness (QED) is 0.719. The van der Waals surface area contributed by atoms with Crippen molar-refractivity contribution in [3.8, 4) is 5.69 Å². The van der Waals surface area contributed by atoms with Crippen LogP contribution in [-0.2, 0) is 6.42 Å². The minimum Gasteiger partial charge on any atom is -0.461 e. The number of aromatic nitrogens is 2. The molecule has 3 aromatic rings. The van der Waals surface area contributed by atoms with Crippen LogP contribution in [0.3, 0.4) is 0 Å². The molecule has 1 aromatic carbocycles. The Balaban J connectivity index is 1.56. The predicted octanol–water partition coefficient (Wildman–Crippen LogP) is 4.26. The van der Waals surface area contributed by atoms with E-state index in [4.69, 9.17) is 4.42 Å². The van der Waals surface area contributed by atoms with E-state index in [-0.39, 0.29) is 0 Å². The van der Waals surface area contributed by atoms with Crippen LogP contribution in [0.25, 0.3) is 16.7 Å². The van der Waals surface area contributed by atoms with Crippen molar-refractivity contribution in [2.24, 2.45) is 0 Å². The average molecular weight is 323 g/mol. The SMILES string of the molecule is Cc1cc(C)n(-c2ccc3oc(CCN4CCCC4C)cc3c2)n1. The number of benzene rings is 1. The van der Waals surface area contributed by atoms with Gasteiger partial charge in [-0.25, -0.2) is 4.68 Å². The molecule has 126 valence electrons. The van der Waals surface area contributed by atoms with Gasteiger partial charge >= 0.3 is 0 Å². The maximum absolute atomic E-state index is 6.03. The van der Waals surface area contributed by atoms with Gasteiger partial charge in [-0.15, -0.1) is 0 Å². The van der Waals surface area contributed by atoms with Crippen LogP contribution < -0.4 is 0 Å². The maximum atomic E-state index is 6.03. The Morgan fingerprint density at radius 3 is 2.79 bits per heavy atom. The lowest BCUT2D eigenvalue weighted by Gasteiger charge is -2.19. The zero-order valence-electron chi connectivity index (χ0n) is 14.7. The molecule has 1 unspecified atom stereocenters. The van der Waals surface area contributed by atoms with Crippen LogP contribution in [0.1, 0.15) is 36.9 Å². The number of nitrogens with zero attached hydrogens (tertiary/aromatic N) is 3. The average Bonchev–Trinajstić information content (AvgIpc) is 3.23. The summed E-state index contributed by atoms with van der Waals surface area (Å²) in [6, 6.07) is 11.3. The molecule has 0 amide bonds. The zero-order valence-corrected chi connectivity index (χ0v) is 14.7. The first-order valence-electron chi connectivity index (χ1n) is 8.90.